The van der Waals surface area contributed by atoms with Crippen LogP contribution in [0.15, 0.2) is 24.3 Å². The van der Waals surface area contributed by atoms with Crippen molar-refractivity contribution < 1.29 is 4.79 Å². The van der Waals surface area contributed by atoms with Crippen LogP contribution in [-0.2, 0) is 4.79 Å². The van der Waals surface area contributed by atoms with E-state index in [0.29, 0.717) is 6.04 Å². The first-order valence-corrected chi connectivity index (χ1v) is 6.73. The first-order chi connectivity index (χ1) is 9.10. The van der Waals surface area contributed by atoms with Crippen LogP contribution in [0.5, 0.6) is 0 Å². The van der Waals surface area contributed by atoms with Crippen molar-refractivity contribution in [3.63, 3.8) is 0 Å². The van der Waals surface area contributed by atoms with Crippen molar-refractivity contribution >= 4 is 17.3 Å². The van der Waals surface area contributed by atoms with Gasteiger partial charge in [-0.15, -0.1) is 0 Å². The minimum Gasteiger partial charge on any atom is -0.375 e. The summed E-state index contributed by atoms with van der Waals surface area (Å²) in [6.45, 7) is 5.08. The molecule has 0 saturated carbocycles. The van der Waals surface area contributed by atoms with Crippen LogP contribution in [0.1, 0.15) is 20.3 Å². The first-order valence-electron chi connectivity index (χ1n) is 6.73. The molecule has 1 amide bonds. The van der Waals surface area contributed by atoms with Crippen molar-refractivity contribution in [2.45, 2.75) is 32.4 Å². The van der Waals surface area contributed by atoms with Crippen LogP contribution in [0.3, 0.4) is 0 Å². The number of hydrazine groups is 1. The Kier molecular flexibility index (Phi) is 4.39. The number of hydrogen-bond donors (Lipinski definition) is 3. The van der Waals surface area contributed by atoms with Crippen LogP contribution in [-0.4, -0.2) is 31.6 Å². The number of benzene rings is 1. The summed E-state index contributed by atoms with van der Waals surface area (Å²) in [5.74, 6) is 0.00755. The lowest BCUT2D eigenvalue weighted by Crippen LogP contribution is -2.39. The van der Waals surface area contributed by atoms with Gasteiger partial charge in [-0.05, 0) is 38.5 Å². The lowest BCUT2D eigenvalue weighted by Gasteiger charge is -2.18. The standard InChI is InChI=1S/C14H22N4O/c1-4-18(3)12-7-5-6-11(9-12)15-14(19)13-8-10(2)16-17-13/h5-7,9-10,13,16-17H,4,8H2,1-3H3,(H,15,19). The predicted octanol–water partition coefficient (Wildman–Crippen LogP) is 1.34. The Morgan fingerprint density at radius 1 is 1.47 bits per heavy atom. The van der Waals surface area contributed by atoms with Gasteiger partial charge in [0, 0.05) is 31.0 Å². The molecule has 1 fully saturated rings. The minimum atomic E-state index is -0.164. The molecule has 19 heavy (non-hydrogen) atoms. The highest BCUT2D eigenvalue weighted by atomic mass is 16.2. The fourth-order valence-electron chi connectivity index (χ4n) is 2.12. The average Bonchev–Trinajstić information content (AvgIpc) is 2.85. The Bertz CT molecular complexity index is 449. The molecule has 2 atom stereocenters. The third-order valence-electron chi connectivity index (χ3n) is 3.44. The van der Waals surface area contributed by atoms with Gasteiger partial charge in [-0.25, -0.2) is 5.43 Å². The number of rotatable bonds is 4. The van der Waals surface area contributed by atoms with Gasteiger partial charge in [0.05, 0.1) is 0 Å². The van der Waals surface area contributed by atoms with Crippen LogP contribution < -0.4 is 21.1 Å². The van der Waals surface area contributed by atoms with Crippen molar-refractivity contribution in [1.29, 1.82) is 0 Å². The van der Waals surface area contributed by atoms with Gasteiger partial charge in [-0.1, -0.05) is 6.07 Å². The molecule has 0 spiro atoms. The lowest BCUT2D eigenvalue weighted by atomic mass is 10.1. The average molecular weight is 262 g/mol. The van der Waals surface area contributed by atoms with E-state index in [1.54, 1.807) is 0 Å². The Labute approximate surface area is 114 Å². The summed E-state index contributed by atoms with van der Waals surface area (Å²) >= 11 is 0. The zero-order valence-corrected chi connectivity index (χ0v) is 11.7. The lowest BCUT2D eigenvalue weighted by molar-refractivity contribution is -0.117. The van der Waals surface area contributed by atoms with E-state index in [1.807, 2.05) is 31.3 Å². The van der Waals surface area contributed by atoms with E-state index in [9.17, 15) is 4.79 Å². The molecule has 2 unspecified atom stereocenters. The summed E-state index contributed by atoms with van der Waals surface area (Å²) in [6.07, 6.45) is 0.806. The van der Waals surface area contributed by atoms with Gasteiger partial charge >= 0.3 is 0 Å². The molecule has 104 valence electrons. The van der Waals surface area contributed by atoms with Crippen molar-refractivity contribution in [3.05, 3.63) is 24.3 Å². The van der Waals surface area contributed by atoms with Gasteiger partial charge in [0.1, 0.15) is 6.04 Å². The van der Waals surface area contributed by atoms with Crippen molar-refractivity contribution in [1.82, 2.24) is 10.9 Å². The highest BCUT2D eigenvalue weighted by Crippen LogP contribution is 2.18. The molecule has 1 aliphatic rings. The van der Waals surface area contributed by atoms with E-state index in [0.717, 1.165) is 24.3 Å². The Balaban J connectivity index is 2.00. The summed E-state index contributed by atoms with van der Waals surface area (Å²) in [5.41, 5.74) is 8.00. The second-order valence-corrected chi connectivity index (χ2v) is 5.03. The third-order valence-corrected chi connectivity index (χ3v) is 3.44. The molecule has 1 aromatic carbocycles. The number of nitrogens with one attached hydrogen (secondary N) is 3. The number of anilines is 2. The molecule has 1 heterocycles. The number of carbonyl (C=O) groups excluding carboxylic acids is 1. The molecule has 0 aliphatic carbocycles. The number of hydrogen-bond acceptors (Lipinski definition) is 4. The first kappa shape index (κ1) is 13.8. The summed E-state index contributed by atoms with van der Waals surface area (Å²) in [7, 11) is 2.03. The smallest absolute Gasteiger partial charge is 0.242 e. The molecule has 0 radical (unpaired) electrons. The van der Waals surface area contributed by atoms with Crippen molar-refractivity contribution in [2.24, 2.45) is 0 Å². The van der Waals surface area contributed by atoms with E-state index < -0.39 is 0 Å². The molecule has 1 aliphatic heterocycles. The largest absolute Gasteiger partial charge is 0.375 e. The normalized spacial score (nSPS) is 22.3. The molecule has 2 rings (SSSR count). The molecule has 5 nitrogen and oxygen atoms in total. The zero-order chi connectivity index (χ0) is 13.8. The molecule has 1 saturated heterocycles. The number of amides is 1. The van der Waals surface area contributed by atoms with Crippen LogP contribution in [0, 0.1) is 0 Å². The van der Waals surface area contributed by atoms with Crippen molar-refractivity contribution in [2.75, 3.05) is 23.8 Å². The van der Waals surface area contributed by atoms with Gasteiger partial charge in [-0.2, -0.15) is 0 Å². The molecule has 1 aromatic rings. The quantitative estimate of drug-likeness (QED) is 0.766. The fourth-order valence-corrected chi connectivity index (χ4v) is 2.12. The van der Waals surface area contributed by atoms with Crippen molar-refractivity contribution in [3.8, 4) is 0 Å². The zero-order valence-electron chi connectivity index (χ0n) is 11.7. The van der Waals surface area contributed by atoms with Gasteiger partial charge < -0.3 is 10.2 Å². The number of carbonyl (C=O) groups is 1. The third kappa shape index (κ3) is 3.45. The molecule has 0 bridgehead atoms. The molecular weight excluding hydrogens is 240 g/mol. The summed E-state index contributed by atoms with van der Waals surface area (Å²) in [5, 5.41) is 2.96. The monoisotopic (exact) mass is 262 g/mol. The SMILES string of the molecule is CCN(C)c1cccc(NC(=O)C2CC(C)NN2)c1. The Morgan fingerprint density at radius 3 is 2.89 bits per heavy atom. The van der Waals surface area contributed by atoms with E-state index >= 15 is 0 Å². The molecular formula is C14H22N4O. The maximum Gasteiger partial charge on any atom is 0.242 e. The van der Waals surface area contributed by atoms with Crippen LogP contribution >= 0.6 is 0 Å². The van der Waals surface area contributed by atoms with Gasteiger partial charge in [0.2, 0.25) is 5.91 Å². The maximum atomic E-state index is 12.1. The van der Waals surface area contributed by atoms with E-state index in [-0.39, 0.29) is 11.9 Å². The molecule has 0 aromatic heterocycles. The van der Waals surface area contributed by atoms with Crippen LogP contribution in [0.2, 0.25) is 0 Å². The van der Waals surface area contributed by atoms with Gasteiger partial charge in [0.15, 0.2) is 0 Å². The van der Waals surface area contributed by atoms with Crippen LogP contribution in [0.4, 0.5) is 11.4 Å². The second kappa shape index (κ2) is 6.04. The van der Waals surface area contributed by atoms with Crippen LogP contribution in [0.25, 0.3) is 0 Å². The minimum absolute atomic E-state index is 0.00755. The second-order valence-electron chi connectivity index (χ2n) is 5.03. The fraction of sp³-hybridized carbons (Fsp3) is 0.500. The van der Waals surface area contributed by atoms with E-state index in [4.69, 9.17) is 0 Å². The van der Waals surface area contributed by atoms with Gasteiger partial charge in [-0.3, -0.25) is 10.2 Å². The summed E-state index contributed by atoms with van der Waals surface area (Å²) in [4.78, 5) is 14.2. The van der Waals surface area contributed by atoms with E-state index in [1.165, 1.54) is 0 Å². The number of nitrogens with zero attached hydrogens (tertiary/aromatic N) is 1. The Hall–Kier alpha value is -1.59. The summed E-state index contributed by atoms with van der Waals surface area (Å²) in [6, 6.07) is 8.07. The maximum absolute atomic E-state index is 12.1. The highest BCUT2D eigenvalue weighted by Gasteiger charge is 2.26. The molecule has 5 heteroatoms. The predicted molar refractivity (Wildman–Crippen MR) is 78.2 cm³/mol. The summed E-state index contributed by atoms with van der Waals surface area (Å²) < 4.78 is 0. The molecule has 3 N–H and O–H groups in total. The van der Waals surface area contributed by atoms with Gasteiger partial charge in [0.25, 0.3) is 0 Å². The Morgan fingerprint density at radius 2 is 2.26 bits per heavy atom. The topological polar surface area (TPSA) is 56.4 Å². The highest BCUT2D eigenvalue weighted by molar-refractivity contribution is 5.95. The van der Waals surface area contributed by atoms with E-state index in [2.05, 4.69) is 34.9 Å².